The quantitative estimate of drug-likeness (QED) is 0.591. The van der Waals surface area contributed by atoms with Crippen LogP contribution in [0.4, 0.5) is 11.4 Å². The Bertz CT molecular complexity index is 458. The molecule has 0 fully saturated rings. The normalized spacial score (nSPS) is 11.6. The molecule has 0 saturated heterocycles. The van der Waals surface area contributed by atoms with E-state index in [2.05, 4.69) is 14.3 Å². The fourth-order valence-electron chi connectivity index (χ4n) is 1.18. The lowest BCUT2D eigenvalue weighted by Crippen LogP contribution is -2.15. The van der Waals surface area contributed by atoms with Crippen LogP contribution < -0.4 is 9.44 Å². The van der Waals surface area contributed by atoms with Crippen molar-refractivity contribution >= 4 is 33.3 Å². The fourth-order valence-corrected chi connectivity index (χ4v) is 2.61. The second-order valence-electron chi connectivity index (χ2n) is 4.21. The minimum absolute atomic E-state index is 0.571. The maximum Gasteiger partial charge on any atom is 0.229 e. The highest BCUT2D eigenvalue weighted by Crippen LogP contribution is 2.17. The Morgan fingerprint density at radius 2 is 1.72 bits per heavy atom. The summed E-state index contributed by atoms with van der Waals surface area (Å²) in [6.07, 6.45) is 1.14. The van der Waals surface area contributed by atoms with Gasteiger partial charge in [-0.25, -0.2) is 8.42 Å². The number of hydrogen-bond donors (Lipinski definition) is 2. The monoisotopic (exact) mass is 289 g/mol. The standard InChI is InChI=1S/C11H19N3O2S2/c1-14(2)8-9-17-12-10-4-6-11(7-5-10)13-18(3,15)16/h4-7,12-13H,8-9H2,1-3H3. The van der Waals surface area contributed by atoms with E-state index in [9.17, 15) is 8.42 Å². The van der Waals surface area contributed by atoms with E-state index in [-0.39, 0.29) is 0 Å². The van der Waals surface area contributed by atoms with Crippen LogP contribution >= 0.6 is 11.9 Å². The molecule has 0 unspecified atom stereocenters. The zero-order valence-electron chi connectivity index (χ0n) is 10.8. The lowest BCUT2D eigenvalue weighted by molar-refractivity contribution is 0.437. The van der Waals surface area contributed by atoms with Crippen molar-refractivity contribution in [3.63, 3.8) is 0 Å². The molecule has 0 aliphatic rings. The molecule has 0 aliphatic heterocycles. The first-order valence-electron chi connectivity index (χ1n) is 5.47. The smallest absolute Gasteiger partial charge is 0.229 e. The van der Waals surface area contributed by atoms with Gasteiger partial charge in [-0.15, -0.1) is 0 Å². The summed E-state index contributed by atoms with van der Waals surface area (Å²) in [5.74, 6) is 0.982. The van der Waals surface area contributed by atoms with Crippen LogP contribution in [-0.2, 0) is 10.0 Å². The van der Waals surface area contributed by atoms with Crippen molar-refractivity contribution < 1.29 is 8.42 Å². The van der Waals surface area contributed by atoms with E-state index < -0.39 is 10.0 Å². The van der Waals surface area contributed by atoms with Crippen LogP contribution in [0.2, 0.25) is 0 Å². The van der Waals surface area contributed by atoms with Crippen LogP contribution in [0.1, 0.15) is 0 Å². The van der Waals surface area contributed by atoms with Gasteiger partial charge in [-0.05, 0) is 38.4 Å². The number of sulfonamides is 1. The molecule has 0 aliphatic carbocycles. The first-order chi connectivity index (χ1) is 8.37. The highest BCUT2D eigenvalue weighted by Gasteiger charge is 2.01. The van der Waals surface area contributed by atoms with Crippen molar-refractivity contribution in [3.05, 3.63) is 24.3 Å². The van der Waals surface area contributed by atoms with E-state index in [1.165, 1.54) is 0 Å². The van der Waals surface area contributed by atoms with Crippen molar-refractivity contribution in [2.24, 2.45) is 0 Å². The molecule has 102 valence electrons. The van der Waals surface area contributed by atoms with Gasteiger partial charge in [0.25, 0.3) is 0 Å². The van der Waals surface area contributed by atoms with E-state index in [4.69, 9.17) is 0 Å². The molecule has 1 aromatic carbocycles. The molecule has 1 rings (SSSR count). The lowest BCUT2D eigenvalue weighted by atomic mass is 10.3. The average molecular weight is 289 g/mol. The third-order valence-electron chi connectivity index (χ3n) is 2.02. The van der Waals surface area contributed by atoms with E-state index >= 15 is 0 Å². The zero-order valence-corrected chi connectivity index (χ0v) is 12.4. The first-order valence-corrected chi connectivity index (χ1v) is 8.35. The first kappa shape index (κ1) is 15.1. The largest absolute Gasteiger partial charge is 0.330 e. The number of nitrogens with zero attached hydrogens (tertiary/aromatic N) is 1. The van der Waals surface area contributed by atoms with Gasteiger partial charge in [0.2, 0.25) is 10.0 Å². The second kappa shape index (κ2) is 6.86. The van der Waals surface area contributed by atoms with Crippen molar-refractivity contribution in [2.75, 3.05) is 42.1 Å². The van der Waals surface area contributed by atoms with Crippen LogP contribution in [0.15, 0.2) is 24.3 Å². The molecule has 0 radical (unpaired) electrons. The molecule has 0 amide bonds. The predicted molar refractivity (Wildman–Crippen MR) is 79.5 cm³/mol. The molecule has 0 bridgehead atoms. The zero-order chi connectivity index (χ0) is 13.6. The van der Waals surface area contributed by atoms with Gasteiger partial charge in [0.15, 0.2) is 0 Å². The molecule has 0 saturated carbocycles. The Labute approximate surface area is 113 Å². The van der Waals surface area contributed by atoms with Crippen molar-refractivity contribution in [3.8, 4) is 0 Å². The summed E-state index contributed by atoms with van der Waals surface area (Å²) in [5, 5.41) is 0. The van der Waals surface area contributed by atoms with Crippen molar-refractivity contribution in [2.45, 2.75) is 0 Å². The molecule has 2 N–H and O–H groups in total. The number of anilines is 2. The van der Waals surface area contributed by atoms with Crippen LogP contribution in [0.5, 0.6) is 0 Å². The highest BCUT2D eigenvalue weighted by molar-refractivity contribution is 8.00. The van der Waals surface area contributed by atoms with Crippen LogP contribution in [0.3, 0.4) is 0 Å². The molecule has 5 nitrogen and oxygen atoms in total. The lowest BCUT2D eigenvalue weighted by Gasteiger charge is -2.10. The van der Waals surface area contributed by atoms with E-state index in [0.29, 0.717) is 5.69 Å². The summed E-state index contributed by atoms with van der Waals surface area (Å²) in [5.41, 5.74) is 1.53. The minimum Gasteiger partial charge on any atom is -0.330 e. The highest BCUT2D eigenvalue weighted by atomic mass is 32.2. The topological polar surface area (TPSA) is 61.4 Å². The minimum atomic E-state index is -3.20. The van der Waals surface area contributed by atoms with E-state index in [1.54, 1.807) is 24.1 Å². The van der Waals surface area contributed by atoms with Gasteiger partial charge in [0, 0.05) is 23.7 Å². The predicted octanol–water partition coefficient (Wildman–Crippen LogP) is 1.68. The summed E-state index contributed by atoms with van der Waals surface area (Å²) in [7, 11) is 0.866. The molecule has 0 heterocycles. The van der Waals surface area contributed by atoms with Gasteiger partial charge < -0.3 is 9.62 Å². The molecule has 1 aromatic rings. The molecule has 7 heteroatoms. The Morgan fingerprint density at radius 3 is 2.22 bits per heavy atom. The summed E-state index contributed by atoms with van der Waals surface area (Å²) < 4.78 is 27.7. The van der Waals surface area contributed by atoms with Crippen LogP contribution in [-0.4, -0.2) is 46.0 Å². The molecule has 18 heavy (non-hydrogen) atoms. The van der Waals surface area contributed by atoms with Gasteiger partial charge >= 0.3 is 0 Å². The summed E-state index contributed by atoms with van der Waals surface area (Å²) in [6.45, 7) is 1.01. The van der Waals surface area contributed by atoms with E-state index in [0.717, 1.165) is 24.2 Å². The molecular formula is C11H19N3O2S2. The SMILES string of the molecule is CN(C)CCSNc1ccc(NS(C)(=O)=O)cc1. The van der Waals surface area contributed by atoms with Gasteiger partial charge in [-0.3, -0.25) is 4.72 Å². The molecule has 0 atom stereocenters. The molecular weight excluding hydrogens is 270 g/mol. The van der Waals surface area contributed by atoms with Gasteiger partial charge in [0.05, 0.1) is 6.26 Å². The summed E-state index contributed by atoms with van der Waals surface area (Å²) >= 11 is 1.62. The second-order valence-corrected chi connectivity index (χ2v) is 6.85. The third-order valence-corrected chi connectivity index (χ3v) is 3.39. The number of rotatable bonds is 7. The average Bonchev–Trinajstić information content (AvgIpc) is 2.24. The van der Waals surface area contributed by atoms with Crippen molar-refractivity contribution in [1.82, 2.24) is 4.90 Å². The summed E-state index contributed by atoms with van der Waals surface area (Å²) in [6, 6.07) is 7.15. The maximum atomic E-state index is 11.0. The van der Waals surface area contributed by atoms with Crippen molar-refractivity contribution in [1.29, 1.82) is 0 Å². The van der Waals surface area contributed by atoms with Gasteiger partial charge in [-0.2, -0.15) is 0 Å². The fraction of sp³-hybridized carbons (Fsp3) is 0.455. The van der Waals surface area contributed by atoms with Crippen LogP contribution in [0, 0.1) is 0 Å². The molecule has 0 spiro atoms. The Hall–Kier alpha value is -0.920. The van der Waals surface area contributed by atoms with Crippen LogP contribution in [0.25, 0.3) is 0 Å². The number of benzene rings is 1. The van der Waals surface area contributed by atoms with E-state index in [1.807, 2.05) is 26.2 Å². The Morgan fingerprint density at radius 1 is 1.17 bits per heavy atom. The Balaban J connectivity index is 2.41. The third kappa shape index (κ3) is 6.73. The number of nitrogens with one attached hydrogen (secondary N) is 2. The number of hydrogen-bond acceptors (Lipinski definition) is 5. The Kier molecular flexibility index (Phi) is 5.77. The molecule has 0 aromatic heterocycles. The van der Waals surface area contributed by atoms with Gasteiger partial charge in [0.1, 0.15) is 0 Å². The van der Waals surface area contributed by atoms with Gasteiger partial charge in [-0.1, -0.05) is 11.9 Å². The summed E-state index contributed by atoms with van der Waals surface area (Å²) in [4.78, 5) is 2.12. The maximum absolute atomic E-state index is 11.0.